The lowest BCUT2D eigenvalue weighted by Crippen LogP contribution is -2.66. The quantitative estimate of drug-likeness (QED) is 0.623. The van der Waals surface area contributed by atoms with Gasteiger partial charge in [0.25, 0.3) is 11.8 Å². The fraction of sp³-hybridized carbons (Fsp3) is 0.727. The third kappa shape index (κ3) is 2.04. The second-order valence-electron chi connectivity index (χ2n) is 4.86. The van der Waals surface area contributed by atoms with Crippen molar-refractivity contribution in [2.45, 2.75) is 38.3 Å². The Morgan fingerprint density at radius 1 is 1.47 bits per heavy atom. The van der Waals surface area contributed by atoms with Crippen molar-refractivity contribution < 1.29 is 19.1 Å². The van der Waals surface area contributed by atoms with E-state index in [2.05, 4.69) is 5.32 Å². The summed E-state index contributed by atoms with van der Waals surface area (Å²) < 4.78 is 5.30. The number of piperazine rings is 1. The maximum atomic E-state index is 12.2. The van der Waals surface area contributed by atoms with Gasteiger partial charge in [0.1, 0.15) is 18.2 Å². The third-order valence-electron chi connectivity index (χ3n) is 3.26. The lowest BCUT2D eigenvalue weighted by atomic mass is 9.97. The van der Waals surface area contributed by atoms with Gasteiger partial charge in [0, 0.05) is 6.61 Å². The Hall–Kier alpha value is -1.43. The molecule has 6 nitrogen and oxygen atoms in total. The van der Waals surface area contributed by atoms with Gasteiger partial charge in [-0.1, -0.05) is 0 Å². The van der Waals surface area contributed by atoms with Crippen LogP contribution in [-0.4, -0.2) is 47.4 Å². The van der Waals surface area contributed by atoms with Crippen LogP contribution in [0.15, 0.2) is 0 Å². The van der Waals surface area contributed by atoms with Crippen molar-refractivity contribution in [3.05, 3.63) is 0 Å². The van der Waals surface area contributed by atoms with Crippen LogP contribution in [-0.2, 0) is 19.1 Å². The third-order valence-corrected chi connectivity index (χ3v) is 3.26. The van der Waals surface area contributed by atoms with Crippen LogP contribution < -0.4 is 5.32 Å². The van der Waals surface area contributed by atoms with E-state index in [0.717, 1.165) is 6.42 Å². The van der Waals surface area contributed by atoms with Gasteiger partial charge in [0.15, 0.2) is 0 Å². The van der Waals surface area contributed by atoms with Gasteiger partial charge in [-0.25, -0.2) is 0 Å². The summed E-state index contributed by atoms with van der Waals surface area (Å²) in [4.78, 5) is 36.5. The van der Waals surface area contributed by atoms with E-state index in [1.165, 1.54) is 4.90 Å². The van der Waals surface area contributed by atoms with Crippen LogP contribution in [0.1, 0.15) is 26.7 Å². The maximum absolute atomic E-state index is 12.2. The minimum absolute atomic E-state index is 0.0859. The molecule has 6 heteroatoms. The van der Waals surface area contributed by atoms with E-state index in [9.17, 15) is 14.4 Å². The predicted octanol–water partition coefficient (Wildman–Crippen LogP) is -0.571. The minimum atomic E-state index is -1.00. The van der Waals surface area contributed by atoms with E-state index in [0.29, 0.717) is 13.0 Å². The lowest BCUT2D eigenvalue weighted by molar-refractivity contribution is -0.160. The van der Waals surface area contributed by atoms with Gasteiger partial charge in [-0.15, -0.1) is 0 Å². The number of imide groups is 1. The van der Waals surface area contributed by atoms with Gasteiger partial charge < -0.3 is 9.64 Å². The Morgan fingerprint density at radius 3 is 2.76 bits per heavy atom. The van der Waals surface area contributed by atoms with Gasteiger partial charge in [0.2, 0.25) is 5.91 Å². The highest BCUT2D eigenvalue weighted by Gasteiger charge is 2.45. The first-order valence-corrected chi connectivity index (χ1v) is 5.70. The Morgan fingerprint density at radius 2 is 2.18 bits per heavy atom. The van der Waals surface area contributed by atoms with Crippen molar-refractivity contribution in [2.24, 2.45) is 0 Å². The number of rotatable bonds is 1. The molecule has 0 radical (unpaired) electrons. The zero-order valence-electron chi connectivity index (χ0n) is 9.99. The summed E-state index contributed by atoms with van der Waals surface area (Å²) in [7, 11) is 0. The molecule has 0 aliphatic carbocycles. The molecule has 2 aliphatic heterocycles. The topological polar surface area (TPSA) is 75.7 Å². The summed E-state index contributed by atoms with van der Waals surface area (Å²) >= 11 is 0. The lowest BCUT2D eigenvalue weighted by Gasteiger charge is -2.41. The van der Waals surface area contributed by atoms with E-state index in [1.54, 1.807) is 13.8 Å². The molecular formula is C11H16N2O4. The molecule has 2 saturated heterocycles. The number of hydrogen-bond donors (Lipinski definition) is 1. The molecule has 2 rings (SSSR count). The van der Waals surface area contributed by atoms with Gasteiger partial charge in [-0.2, -0.15) is 0 Å². The Labute approximate surface area is 99.3 Å². The second kappa shape index (κ2) is 4.10. The molecule has 1 atom stereocenters. The van der Waals surface area contributed by atoms with Crippen molar-refractivity contribution in [2.75, 3.05) is 13.2 Å². The fourth-order valence-electron chi connectivity index (χ4n) is 2.08. The molecule has 0 unspecified atom stereocenters. The van der Waals surface area contributed by atoms with E-state index < -0.39 is 23.5 Å². The van der Waals surface area contributed by atoms with Crippen molar-refractivity contribution in [1.82, 2.24) is 10.2 Å². The van der Waals surface area contributed by atoms with Crippen LogP contribution in [0.3, 0.4) is 0 Å². The van der Waals surface area contributed by atoms with Crippen molar-refractivity contribution in [1.29, 1.82) is 0 Å². The predicted molar refractivity (Wildman–Crippen MR) is 57.9 cm³/mol. The van der Waals surface area contributed by atoms with Crippen LogP contribution in [0, 0.1) is 0 Å². The zero-order chi connectivity index (χ0) is 12.6. The molecule has 0 bridgehead atoms. The zero-order valence-corrected chi connectivity index (χ0v) is 9.99. The highest BCUT2D eigenvalue weighted by Crippen LogP contribution is 2.23. The molecule has 17 heavy (non-hydrogen) atoms. The number of carbonyl (C=O) groups is 3. The highest BCUT2D eigenvalue weighted by atomic mass is 16.5. The van der Waals surface area contributed by atoms with Gasteiger partial charge in [-0.3, -0.25) is 19.7 Å². The molecular weight excluding hydrogens is 224 g/mol. The molecule has 0 aromatic carbocycles. The normalized spacial score (nSPS) is 28.1. The standard InChI is InChI=1S/C11H16N2O4/c1-11(2)10(16)12-8(14)6-13(11)9(15)7-4-3-5-17-7/h7H,3-6H2,1-2H3,(H,12,14,16)/t7-/m1/s1. The Kier molecular flexibility index (Phi) is 2.91. The number of amides is 3. The average Bonchev–Trinajstić information content (AvgIpc) is 2.76. The molecule has 0 aromatic heterocycles. The molecule has 2 aliphatic rings. The monoisotopic (exact) mass is 240 g/mol. The van der Waals surface area contributed by atoms with Crippen LogP contribution in [0.25, 0.3) is 0 Å². The summed E-state index contributed by atoms with van der Waals surface area (Å²) in [6, 6.07) is 0. The van der Waals surface area contributed by atoms with E-state index in [1.807, 2.05) is 0 Å². The minimum Gasteiger partial charge on any atom is -0.368 e. The molecule has 94 valence electrons. The highest BCUT2D eigenvalue weighted by molar-refractivity contribution is 6.06. The summed E-state index contributed by atoms with van der Waals surface area (Å²) in [5.74, 6) is -1.16. The summed E-state index contributed by atoms with van der Waals surface area (Å²) in [5.41, 5.74) is -1.00. The molecule has 1 N–H and O–H groups in total. The smallest absolute Gasteiger partial charge is 0.253 e. The SMILES string of the molecule is CC1(C)C(=O)NC(=O)CN1C(=O)[C@H]1CCCO1. The van der Waals surface area contributed by atoms with Gasteiger partial charge in [0.05, 0.1) is 0 Å². The number of hydrogen-bond acceptors (Lipinski definition) is 4. The first kappa shape index (κ1) is 12.0. The maximum Gasteiger partial charge on any atom is 0.253 e. The van der Waals surface area contributed by atoms with E-state index in [-0.39, 0.29) is 12.5 Å². The molecule has 3 amide bonds. The van der Waals surface area contributed by atoms with Crippen molar-refractivity contribution in [3.63, 3.8) is 0 Å². The van der Waals surface area contributed by atoms with Gasteiger partial charge in [-0.05, 0) is 26.7 Å². The number of carbonyl (C=O) groups excluding carboxylic acids is 3. The summed E-state index contributed by atoms with van der Waals surface area (Å²) in [5, 5.41) is 2.23. The van der Waals surface area contributed by atoms with Crippen LogP contribution in [0.4, 0.5) is 0 Å². The second-order valence-corrected chi connectivity index (χ2v) is 4.86. The van der Waals surface area contributed by atoms with Crippen LogP contribution in [0.5, 0.6) is 0 Å². The molecule has 0 saturated carbocycles. The molecule has 0 aromatic rings. The number of nitrogens with one attached hydrogen (secondary N) is 1. The van der Waals surface area contributed by atoms with Crippen molar-refractivity contribution in [3.8, 4) is 0 Å². The van der Waals surface area contributed by atoms with E-state index >= 15 is 0 Å². The number of ether oxygens (including phenoxy) is 1. The van der Waals surface area contributed by atoms with Crippen LogP contribution >= 0.6 is 0 Å². The Balaban J connectivity index is 2.19. The fourth-order valence-corrected chi connectivity index (χ4v) is 2.08. The Bertz CT molecular complexity index is 372. The molecule has 0 spiro atoms. The van der Waals surface area contributed by atoms with E-state index in [4.69, 9.17) is 4.74 Å². The summed E-state index contributed by atoms with van der Waals surface area (Å²) in [6.45, 7) is 3.73. The first-order chi connectivity index (χ1) is 7.93. The average molecular weight is 240 g/mol. The number of nitrogens with zero attached hydrogens (tertiary/aromatic N) is 1. The molecule has 2 fully saturated rings. The van der Waals surface area contributed by atoms with Gasteiger partial charge >= 0.3 is 0 Å². The first-order valence-electron chi connectivity index (χ1n) is 5.70. The van der Waals surface area contributed by atoms with Crippen LogP contribution in [0.2, 0.25) is 0 Å². The molecule has 2 heterocycles. The summed E-state index contributed by atoms with van der Waals surface area (Å²) in [6.07, 6.45) is 0.986. The van der Waals surface area contributed by atoms with Crippen molar-refractivity contribution >= 4 is 17.7 Å². The largest absolute Gasteiger partial charge is 0.368 e.